The van der Waals surface area contributed by atoms with E-state index in [0.29, 0.717) is 28.0 Å². The molecule has 160 valence electrons. The van der Waals surface area contributed by atoms with Crippen LogP contribution >= 0.6 is 22.9 Å². The lowest BCUT2D eigenvalue weighted by Crippen LogP contribution is -2.33. The van der Waals surface area contributed by atoms with Gasteiger partial charge < -0.3 is 20.0 Å². The lowest BCUT2D eigenvalue weighted by atomic mass is 10.0. The Morgan fingerprint density at radius 3 is 2.60 bits per heavy atom. The first-order valence-corrected chi connectivity index (χ1v) is 10.8. The molecular formula is C21H26ClN5O2S. The van der Waals surface area contributed by atoms with Gasteiger partial charge in [0.2, 0.25) is 0 Å². The second-order valence-electron chi connectivity index (χ2n) is 7.43. The number of hydrogen-bond donors (Lipinski definition) is 2. The van der Waals surface area contributed by atoms with Gasteiger partial charge in [0.05, 0.1) is 21.5 Å². The summed E-state index contributed by atoms with van der Waals surface area (Å²) in [6.07, 6.45) is 0.417. The highest BCUT2D eigenvalue weighted by Crippen LogP contribution is 2.22. The van der Waals surface area contributed by atoms with Crippen molar-refractivity contribution in [2.45, 2.75) is 12.5 Å². The normalized spacial score (nSPS) is 15.6. The number of halogens is 1. The quantitative estimate of drug-likeness (QED) is 0.481. The maximum atomic E-state index is 12.1. The number of nitrogens with one attached hydrogen (secondary N) is 2. The SMILES string of the molecule is CN(C)CCN(C)C(=N)c1ccc(C2=NOC(CNC(=O)c3ccc(Cl)s3)C2)cc1. The monoisotopic (exact) mass is 447 g/mol. The van der Waals surface area contributed by atoms with Crippen LogP contribution in [0.4, 0.5) is 0 Å². The molecule has 0 radical (unpaired) electrons. The largest absolute Gasteiger partial charge is 0.390 e. The number of nitrogens with zero attached hydrogens (tertiary/aromatic N) is 3. The molecule has 1 unspecified atom stereocenters. The average molecular weight is 448 g/mol. The van der Waals surface area contributed by atoms with E-state index >= 15 is 0 Å². The number of amidine groups is 1. The van der Waals surface area contributed by atoms with Crippen LogP contribution in [0.25, 0.3) is 0 Å². The zero-order chi connectivity index (χ0) is 21.7. The predicted molar refractivity (Wildman–Crippen MR) is 122 cm³/mol. The van der Waals surface area contributed by atoms with E-state index in [-0.39, 0.29) is 12.0 Å². The summed E-state index contributed by atoms with van der Waals surface area (Å²) in [5.41, 5.74) is 2.66. The van der Waals surface area contributed by atoms with Crippen molar-refractivity contribution in [1.29, 1.82) is 5.41 Å². The standard InChI is InChI=1S/C21H26ClN5O2S/c1-26(2)10-11-27(3)20(23)15-6-4-14(5-7-15)17-12-16(29-25-17)13-24-21(28)18-8-9-19(22)30-18/h4-9,16,23H,10-13H2,1-3H3,(H,24,28). The van der Waals surface area contributed by atoms with Crippen molar-refractivity contribution in [3.05, 3.63) is 56.7 Å². The van der Waals surface area contributed by atoms with Gasteiger partial charge in [-0.3, -0.25) is 10.2 Å². The van der Waals surface area contributed by atoms with Crippen molar-refractivity contribution in [2.24, 2.45) is 5.16 Å². The highest BCUT2D eigenvalue weighted by atomic mass is 35.5. The second-order valence-corrected chi connectivity index (χ2v) is 9.15. The fraction of sp³-hybridized carbons (Fsp3) is 0.381. The van der Waals surface area contributed by atoms with Gasteiger partial charge in [0.1, 0.15) is 11.9 Å². The van der Waals surface area contributed by atoms with Gasteiger partial charge in [-0.25, -0.2) is 0 Å². The van der Waals surface area contributed by atoms with Crippen LogP contribution in [-0.4, -0.2) is 74.1 Å². The molecule has 1 aliphatic rings. The lowest BCUT2D eigenvalue weighted by Gasteiger charge is -2.22. The topological polar surface area (TPSA) is 81.0 Å². The summed E-state index contributed by atoms with van der Waals surface area (Å²) in [7, 11) is 5.97. The van der Waals surface area contributed by atoms with Crippen molar-refractivity contribution in [3.8, 4) is 0 Å². The van der Waals surface area contributed by atoms with Gasteiger partial charge in [0.25, 0.3) is 5.91 Å². The fourth-order valence-corrected chi connectivity index (χ4v) is 3.90. The summed E-state index contributed by atoms with van der Waals surface area (Å²) >= 11 is 7.12. The molecule has 1 aromatic heterocycles. The molecule has 1 aromatic carbocycles. The lowest BCUT2D eigenvalue weighted by molar-refractivity contribution is 0.0755. The van der Waals surface area contributed by atoms with Crippen LogP contribution in [0.2, 0.25) is 4.34 Å². The van der Waals surface area contributed by atoms with Crippen LogP contribution in [-0.2, 0) is 4.84 Å². The fourth-order valence-electron chi connectivity index (χ4n) is 2.94. The summed E-state index contributed by atoms with van der Waals surface area (Å²) in [5, 5.41) is 15.4. The summed E-state index contributed by atoms with van der Waals surface area (Å²) in [6.45, 7) is 2.06. The van der Waals surface area contributed by atoms with Gasteiger partial charge >= 0.3 is 0 Å². The number of likely N-dealkylation sites (N-methyl/N-ethyl adjacent to an activating group) is 2. The van der Waals surface area contributed by atoms with Crippen molar-refractivity contribution in [3.63, 3.8) is 0 Å². The summed E-state index contributed by atoms with van der Waals surface area (Å²) in [4.78, 5) is 22.2. The Balaban J connectivity index is 1.50. The van der Waals surface area contributed by atoms with Crippen LogP contribution in [0.3, 0.4) is 0 Å². The Morgan fingerprint density at radius 1 is 1.23 bits per heavy atom. The molecule has 1 atom stereocenters. The molecule has 0 bridgehead atoms. The Morgan fingerprint density at radius 2 is 1.97 bits per heavy atom. The number of benzene rings is 1. The zero-order valence-electron chi connectivity index (χ0n) is 17.3. The highest BCUT2D eigenvalue weighted by Gasteiger charge is 2.23. The number of oxime groups is 1. The van der Waals surface area contributed by atoms with Gasteiger partial charge in [-0.05, 0) is 31.8 Å². The van der Waals surface area contributed by atoms with E-state index in [2.05, 4.69) is 15.4 Å². The molecule has 0 fully saturated rings. The molecule has 2 heterocycles. The molecule has 0 aliphatic carbocycles. The minimum atomic E-state index is -0.200. The number of hydrogen-bond acceptors (Lipinski definition) is 6. The first-order valence-electron chi connectivity index (χ1n) is 9.65. The van der Waals surface area contributed by atoms with Crippen LogP contribution in [0.1, 0.15) is 27.2 Å². The molecule has 1 aliphatic heterocycles. The van der Waals surface area contributed by atoms with Gasteiger partial charge in [0.15, 0.2) is 0 Å². The summed E-state index contributed by atoms with van der Waals surface area (Å²) < 4.78 is 0.586. The molecule has 0 saturated heterocycles. The molecule has 7 nitrogen and oxygen atoms in total. The van der Waals surface area contributed by atoms with Crippen molar-refractivity contribution in [2.75, 3.05) is 40.8 Å². The zero-order valence-corrected chi connectivity index (χ0v) is 18.9. The Bertz CT molecular complexity index is 926. The molecule has 30 heavy (non-hydrogen) atoms. The summed E-state index contributed by atoms with van der Waals surface area (Å²) in [6, 6.07) is 11.2. The van der Waals surface area contributed by atoms with Gasteiger partial charge in [0, 0.05) is 32.1 Å². The molecule has 0 spiro atoms. The second kappa shape index (κ2) is 10.1. The summed E-state index contributed by atoms with van der Waals surface area (Å²) in [5.74, 6) is 0.326. The van der Waals surface area contributed by atoms with Crippen LogP contribution < -0.4 is 5.32 Å². The Hall–Kier alpha value is -2.42. The van der Waals surface area contributed by atoms with Crippen molar-refractivity contribution < 1.29 is 9.63 Å². The third kappa shape index (κ3) is 5.81. The Kier molecular flexibility index (Phi) is 7.47. The van der Waals surface area contributed by atoms with E-state index in [1.165, 1.54) is 11.3 Å². The molecule has 2 aromatic rings. The van der Waals surface area contributed by atoms with Crippen molar-refractivity contribution >= 4 is 40.4 Å². The van der Waals surface area contributed by atoms with Gasteiger partial charge in [-0.1, -0.05) is 41.0 Å². The van der Waals surface area contributed by atoms with E-state index < -0.39 is 0 Å². The number of thiophene rings is 1. The van der Waals surface area contributed by atoms with E-state index in [1.807, 2.05) is 50.3 Å². The smallest absolute Gasteiger partial charge is 0.261 e. The molecule has 9 heteroatoms. The molecule has 0 saturated carbocycles. The van der Waals surface area contributed by atoms with E-state index in [4.69, 9.17) is 21.8 Å². The van der Waals surface area contributed by atoms with E-state index in [0.717, 1.165) is 29.9 Å². The van der Waals surface area contributed by atoms with E-state index in [9.17, 15) is 4.79 Å². The van der Waals surface area contributed by atoms with E-state index in [1.54, 1.807) is 12.1 Å². The van der Waals surface area contributed by atoms with Crippen LogP contribution in [0.15, 0.2) is 41.6 Å². The van der Waals surface area contributed by atoms with Crippen LogP contribution in [0, 0.1) is 5.41 Å². The first-order chi connectivity index (χ1) is 14.3. The number of rotatable bonds is 8. The average Bonchev–Trinajstić information content (AvgIpc) is 3.39. The minimum Gasteiger partial charge on any atom is -0.390 e. The third-order valence-electron chi connectivity index (χ3n) is 4.78. The molecular weight excluding hydrogens is 422 g/mol. The Labute approximate surface area is 185 Å². The molecule has 3 rings (SSSR count). The highest BCUT2D eigenvalue weighted by molar-refractivity contribution is 7.18. The van der Waals surface area contributed by atoms with Crippen LogP contribution in [0.5, 0.6) is 0 Å². The maximum Gasteiger partial charge on any atom is 0.261 e. The number of amides is 1. The van der Waals surface area contributed by atoms with Gasteiger partial charge in [-0.2, -0.15) is 0 Å². The maximum absolute atomic E-state index is 12.1. The molecule has 1 amide bonds. The third-order valence-corrected chi connectivity index (χ3v) is 6.01. The number of carbonyl (C=O) groups excluding carboxylic acids is 1. The molecule has 2 N–H and O–H groups in total. The van der Waals surface area contributed by atoms with Gasteiger partial charge in [-0.15, -0.1) is 11.3 Å². The minimum absolute atomic E-state index is 0.162. The number of carbonyl (C=O) groups is 1. The van der Waals surface area contributed by atoms with Crippen molar-refractivity contribution in [1.82, 2.24) is 15.1 Å². The first kappa shape index (κ1) is 22.3. The predicted octanol–water partition coefficient (Wildman–Crippen LogP) is 3.14.